The number of unbranched alkanes of at least 4 members (excludes halogenated alkanes) is 1. The van der Waals surface area contributed by atoms with Gasteiger partial charge >= 0.3 is 0 Å². The Kier molecular flexibility index (Phi) is 6.77. The van der Waals surface area contributed by atoms with Gasteiger partial charge < -0.3 is 21.3 Å². The van der Waals surface area contributed by atoms with Gasteiger partial charge in [0.05, 0.1) is 11.1 Å². The highest BCUT2D eigenvalue weighted by Gasteiger charge is 2.26. The van der Waals surface area contributed by atoms with Crippen molar-refractivity contribution in [1.82, 2.24) is 20.2 Å². The van der Waals surface area contributed by atoms with Gasteiger partial charge in [0.2, 0.25) is 11.9 Å². The normalized spacial score (nSPS) is 13.0. The molecule has 0 aliphatic carbocycles. The fraction of sp³-hybridized carbons (Fsp3) is 0.500. The zero-order chi connectivity index (χ0) is 20.9. The number of hydrogen-bond donors (Lipinski definition) is 3. The number of aromatic nitrogens is 2. The van der Waals surface area contributed by atoms with Gasteiger partial charge in [-0.25, -0.2) is 4.98 Å². The maximum absolute atomic E-state index is 12.2. The molecule has 0 radical (unpaired) electrons. The molecule has 8 heteroatoms. The molecule has 4 N–H and O–H groups in total. The minimum atomic E-state index is -0.395. The number of carbonyl (C=O) groups is 2. The van der Waals surface area contributed by atoms with Crippen molar-refractivity contribution in [3.05, 3.63) is 23.8 Å². The number of nitrogens with zero attached hydrogens (tertiary/aromatic N) is 3. The molecule has 0 bridgehead atoms. The van der Waals surface area contributed by atoms with Gasteiger partial charge in [-0.2, -0.15) is 4.98 Å². The van der Waals surface area contributed by atoms with Crippen LogP contribution in [0, 0.1) is 0 Å². The number of nitrogens with one attached hydrogen (secondary N) is 2. The zero-order valence-electron chi connectivity index (χ0n) is 17.3. The number of nitrogens with two attached hydrogens (primary N) is 1. The average Bonchev–Trinajstić information content (AvgIpc) is 2.63. The number of amides is 2. The lowest BCUT2D eigenvalue weighted by atomic mass is 9.94. The minimum Gasteiger partial charge on any atom is -0.368 e. The Balaban J connectivity index is 2.43. The van der Waals surface area contributed by atoms with E-state index in [0.29, 0.717) is 23.4 Å². The molecular weight excluding hydrogens is 356 g/mol. The van der Waals surface area contributed by atoms with Gasteiger partial charge in [-0.1, -0.05) is 19.8 Å². The first kappa shape index (κ1) is 21.4. The van der Waals surface area contributed by atoms with Crippen LogP contribution in [-0.2, 0) is 4.79 Å². The standard InChI is InChI=1S/C20H30N6O2/c1-6-7-10-20(3,12-22-13(2)27)25-17-15-9-8-14(18(28)26(4)5)11-16(15)23-19(21)24-17/h8-9,11H,6-7,10,12H2,1-5H3,(H,22,27)(H3,21,23,24,25)/t20-/m1/s1. The van der Waals surface area contributed by atoms with Crippen molar-refractivity contribution in [2.45, 2.75) is 45.6 Å². The van der Waals surface area contributed by atoms with Gasteiger partial charge in [0.15, 0.2) is 0 Å². The Morgan fingerprint density at radius 1 is 1.25 bits per heavy atom. The second kappa shape index (κ2) is 8.86. The zero-order valence-corrected chi connectivity index (χ0v) is 17.3. The van der Waals surface area contributed by atoms with Crippen LogP contribution in [-0.4, -0.2) is 52.9 Å². The lowest BCUT2D eigenvalue weighted by Crippen LogP contribution is -2.46. The Morgan fingerprint density at radius 3 is 2.57 bits per heavy atom. The summed E-state index contributed by atoms with van der Waals surface area (Å²) in [5.74, 6) is 0.535. The molecule has 0 spiro atoms. The third-order valence-corrected chi connectivity index (χ3v) is 4.60. The molecule has 0 fully saturated rings. The number of hydrogen-bond acceptors (Lipinski definition) is 6. The maximum Gasteiger partial charge on any atom is 0.253 e. The highest BCUT2D eigenvalue weighted by atomic mass is 16.2. The quantitative estimate of drug-likeness (QED) is 0.642. The number of nitrogen functional groups attached to an aromatic ring is 1. The smallest absolute Gasteiger partial charge is 0.253 e. The van der Waals surface area contributed by atoms with Crippen LogP contribution in [0.2, 0.25) is 0 Å². The summed E-state index contributed by atoms with van der Waals surface area (Å²) in [7, 11) is 3.41. The molecule has 2 rings (SSSR count). The Morgan fingerprint density at radius 2 is 1.96 bits per heavy atom. The molecule has 1 aromatic heterocycles. The van der Waals surface area contributed by atoms with E-state index in [2.05, 4.69) is 27.5 Å². The van der Waals surface area contributed by atoms with E-state index in [4.69, 9.17) is 5.73 Å². The van der Waals surface area contributed by atoms with Crippen LogP contribution in [0.25, 0.3) is 10.9 Å². The first-order chi connectivity index (χ1) is 13.1. The molecule has 2 amide bonds. The number of rotatable bonds is 8. The van der Waals surface area contributed by atoms with Crippen molar-refractivity contribution in [1.29, 1.82) is 0 Å². The fourth-order valence-electron chi connectivity index (χ4n) is 3.00. The van der Waals surface area contributed by atoms with Gasteiger partial charge in [0.25, 0.3) is 5.91 Å². The van der Waals surface area contributed by atoms with Crippen LogP contribution in [0.15, 0.2) is 18.2 Å². The molecule has 2 aromatic rings. The molecule has 1 atom stereocenters. The predicted molar refractivity (Wildman–Crippen MR) is 112 cm³/mol. The highest BCUT2D eigenvalue weighted by Crippen LogP contribution is 2.27. The Bertz CT molecular complexity index is 867. The minimum absolute atomic E-state index is 0.0802. The summed E-state index contributed by atoms with van der Waals surface area (Å²) >= 11 is 0. The van der Waals surface area contributed by atoms with Crippen molar-refractivity contribution in [2.75, 3.05) is 31.7 Å². The van der Waals surface area contributed by atoms with Gasteiger partial charge in [0, 0.05) is 38.5 Å². The van der Waals surface area contributed by atoms with E-state index in [0.717, 1.165) is 24.6 Å². The number of anilines is 2. The van der Waals surface area contributed by atoms with Crippen LogP contribution in [0.1, 0.15) is 50.4 Å². The molecule has 0 saturated carbocycles. The maximum atomic E-state index is 12.2. The van der Waals surface area contributed by atoms with Crippen LogP contribution in [0.4, 0.5) is 11.8 Å². The fourth-order valence-corrected chi connectivity index (χ4v) is 3.00. The van der Waals surface area contributed by atoms with Gasteiger partial charge in [0.1, 0.15) is 5.82 Å². The summed E-state index contributed by atoms with van der Waals surface area (Å²) in [6.07, 6.45) is 2.90. The van der Waals surface area contributed by atoms with E-state index in [1.165, 1.54) is 11.8 Å². The second-order valence-electron chi connectivity index (χ2n) is 7.56. The van der Waals surface area contributed by atoms with Gasteiger partial charge in [-0.15, -0.1) is 0 Å². The van der Waals surface area contributed by atoms with Gasteiger partial charge in [-0.05, 0) is 31.5 Å². The predicted octanol–water partition coefficient (Wildman–Crippen LogP) is 2.41. The Labute approximate surface area is 165 Å². The highest BCUT2D eigenvalue weighted by molar-refractivity contribution is 6.00. The third-order valence-electron chi connectivity index (χ3n) is 4.60. The van der Waals surface area contributed by atoms with E-state index in [1.54, 1.807) is 26.2 Å². The summed E-state index contributed by atoms with van der Waals surface area (Å²) in [5.41, 5.74) is 6.66. The molecule has 0 aliphatic rings. The molecule has 1 heterocycles. The molecule has 0 saturated heterocycles. The SMILES string of the molecule is CCCC[C@](C)(CNC(C)=O)Nc1nc(N)nc2cc(C(=O)N(C)C)ccc12. The molecule has 0 unspecified atom stereocenters. The molecule has 0 aliphatic heterocycles. The summed E-state index contributed by atoms with van der Waals surface area (Å²) in [6, 6.07) is 5.30. The number of fused-ring (bicyclic) bond motifs is 1. The van der Waals surface area contributed by atoms with E-state index in [9.17, 15) is 9.59 Å². The molecule has 8 nitrogen and oxygen atoms in total. The van der Waals surface area contributed by atoms with E-state index < -0.39 is 5.54 Å². The van der Waals surface area contributed by atoms with Crippen molar-refractivity contribution in [3.63, 3.8) is 0 Å². The third kappa shape index (κ3) is 5.31. The van der Waals surface area contributed by atoms with Crippen molar-refractivity contribution in [2.24, 2.45) is 0 Å². The summed E-state index contributed by atoms with van der Waals surface area (Å²) in [4.78, 5) is 33.9. The van der Waals surface area contributed by atoms with Crippen molar-refractivity contribution >= 4 is 34.5 Å². The number of carbonyl (C=O) groups excluding carboxylic acids is 2. The largest absolute Gasteiger partial charge is 0.368 e. The first-order valence-corrected chi connectivity index (χ1v) is 9.47. The average molecular weight is 387 g/mol. The first-order valence-electron chi connectivity index (χ1n) is 9.47. The van der Waals surface area contributed by atoms with Crippen LogP contribution in [0.3, 0.4) is 0 Å². The lowest BCUT2D eigenvalue weighted by Gasteiger charge is -2.32. The summed E-state index contributed by atoms with van der Waals surface area (Å²) in [5, 5.41) is 7.12. The molecule has 152 valence electrons. The lowest BCUT2D eigenvalue weighted by molar-refractivity contribution is -0.119. The number of benzene rings is 1. The van der Waals surface area contributed by atoms with Gasteiger partial charge in [-0.3, -0.25) is 9.59 Å². The molecule has 1 aromatic carbocycles. The van der Waals surface area contributed by atoms with E-state index in [-0.39, 0.29) is 17.8 Å². The summed E-state index contributed by atoms with van der Waals surface area (Å²) < 4.78 is 0. The summed E-state index contributed by atoms with van der Waals surface area (Å²) in [6.45, 7) is 6.14. The monoisotopic (exact) mass is 386 g/mol. The Hall–Kier alpha value is -2.90. The van der Waals surface area contributed by atoms with Crippen LogP contribution < -0.4 is 16.4 Å². The van der Waals surface area contributed by atoms with Crippen molar-refractivity contribution in [3.8, 4) is 0 Å². The molecule has 28 heavy (non-hydrogen) atoms. The van der Waals surface area contributed by atoms with E-state index in [1.807, 2.05) is 13.0 Å². The topological polar surface area (TPSA) is 113 Å². The van der Waals surface area contributed by atoms with Crippen LogP contribution in [0.5, 0.6) is 0 Å². The second-order valence-corrected chi connectivity index (χ2v) is 7.56. The van der Waals surface area contributed by atoms with Crippen LogP contribution >= 0.6 is 0 Å². The van der Waals surface area contributed by atoms with E-state index >= 15 is 0 Å². The van der Waals surface area contributed by atoms with Crippen molar-refractivity contribution < 1.29 is 9.59 Å². The molecular formula is C20H30N6O2.